The Bertz CT molecular complexity index is 899. The summed E-state index contributed by atoms with van der Waals surface area (Å²) in [6, 6.07) is 7.86. The van der Waals surface area contributed by atoms with Gasteiger partial charge in [0.05, 0.1) is 10.7 Å². The number of benzene rings is 1. The Morgan fingerprint density at radius 3 is 2.78 bits per heavy atom. The van der Waals surface area contributed by atoms with E-state index in [1.54, 1.807) is 23.1 Å². The smallest absolute Gasteiger partial charge is 0.191 e. The fourth-order valence-electron chi connectivity index (χ4n) is 3.64. The van der Waals surface area contributed by atoms with Crippen molar-refractivity contribution in [2.24, 2.45) is 0 Å². The van der Waals surface area contributed by atoms with Crippen molar-refractivity contribution >= 4 is 34.7 Å². The Morgan fingerprint density at radius 1 is 1.19 bits per heavy atom. The van der Waals surface area contributed by atoms with E-state index in [-0.39, 0.29) is 0 Å². The van der Waals surface area contributed by atoms with Gasteiger partial charge in [-0.3, -0.25) is 0 Å². The van der Waals surface area contributed by atoms with Gasteiger partial charge in [0.1, 0.15) is 10.8 Å². The Labute approximate surface area is 173 Å². The maximum atomic E-state index is 6.30. The van der Waals surface area contributed by atoms with Crippen molar-refractivity contribution in [3.05, 3.63) is 46.2 Å². The first kappa shape index (κ1) is 19.0. The summed E-state index contributed by atoms with van der Waals surface area (Å²) >= 11 is 9.66. The minimum absolute atomic E-state index is 0.576. The molecule has 1 saturated carbocycles. The van der Waals surface area contributed by atoms with Gasteiger partial charge in [0, 0.05) is 29.2 Å². The lowest BCUT2D eigenvalue weighted by atomic mass is 9.89. The van der Waals surface area contributed by atoms with Gasteiger partial charge in [0.2, 0.25) is 0 Å². The van der Waals surface area contributed by atoms with Gasteiger partial charge in [0.15, 0.2) is 5.16 Å². The highest BCUT2D eigenvalue weighted by Crippen LogP contribution is 2.35. The van der Waals surface area contributed by atoms with Crippen LogP contribution in [0.5, 0.6) is 0 Å². The van der Waals surface area contributed by atoms with Crippen molar-refractivity contribution in [2.45, 2.75) is 62.4 Å². The zero-order valence-corrected chi connectivity index (χ0v) is 17.8. The van der Waals surface area contributed by atoms with E-state index in [0.717, 1.165) is 38.7 Å². The molecule has 0 saturated heterocycles. The zero-order chi connectivity index (χ0) is 18.6. The Balaban J connectivity index is 1.46. The molecule has 0 radical (unpaired) electrons. The molecule has 0 amide bonds. The predicted octanol–water partition coefficient (Wildman–Crippen LogP) is 6.41. The molecule has 0 spiro atoms. The highest BCUT2D eigenvalue weighted by atomic mass is 35.5. The minimum atomic E-state index is 0.576. The topological polar surface area (TPSA) is 43.6 Å². The average molecular weight is 419 g/mol. The predicted molar refractivity (Wildman–Crippen MR) is 114 cm³/mol. The minimum Gasteiger partial charge on any atom is -0.306 e. The van der Waals surface area contributed by atoms with Crippen LogP contribution in [0.4, 0.5) is 0 Å². The van der Waals surface area contributed by atoms with Crippen LogP contribution in [0.1, 0.15) is 56.5 Å². The van der Waals surface area contributed by atoms with E-state index in [4.69, 9.17) is 16.6 Å². The molecule has 2 heterocycles. The largest absolute Gasteiger partial charge is 0.306 e. The standard InChI is InChI=1S/C20H23ClN4S2/c1-2-25-18(14-8-4-3-5-9-14)23-24-20(25)27-13-15-12-26-19(22-15)16-10-6-7-11-17(16)21/h6-7,10-12,14H,2-5,8-9,13H2,1H3. The van der Waals surface area contributed by atoms with Crippen molar-refractivity contribution in [1.82, 2.24) is 19.7 Å². The first-order valence-corrected chi connectivity index (χ1v) is 11.8. The van der Waals surface area contributed by atoms with E-state index >= 15 is 0 Å². The molecule has 0 bridgehead atoms. The number of aromatic nitrogens is 4. The molecule has 0 N–H and O–H groups in total. The monoisotopic (exact) mass is 418 g/mol. The maximum Gasteiger partial charge on any atom is 0.191 e. The number of thioether (sulfide) groups is 1. The van der Waals surface area contributed by atoms with Gasteiger partial charge in [-0.25, -0.2) is 4.98 Å². The molecule has 7 heteroatoms. The lowest BCUT2D eigenvalue weighted by Gasteiger charge is -2.21. The van der Waals surface area contributed by atoms with Crippen molar-refractivity contribution in [1.29, 1.82) is 0 Å². The third-order valence-electron chi connectivity index (χ3n) is 5.04. The second kappa shape index (κ2) is 8.76. The molecule has 2 aromatic heterocycles. The van der Waals surface area contributed by atoms with Crippen LogP contribution in [0.25, 0.3) is 10.6 Å². The number of hydrogen-bond donors (Lipinski definition) is 0. The summed E-state index contributed by atoms with van der Waals surface area (Å²) in [7, 11) is 0. The highest BCUT2D eigenvalue weighted by molar-refractivity contribution is 7.98. The maximum absolute atomic E-state index is 6.30. The molecule has 27 heavy (non-hydrogen) atoms. The molecule has 1 fully saturated rings. The van der Waals surface area contributed by atoms with Crippen LogP contribution in [0.15, 0.2) is 34.8 Å². The lowest BCUT2D eigenvalue weighted by Crippen LogP contribution is -2.12. The van der Waals surface area contributed by atoms with Gasteiger partial charge in [0.25, 0.3) is 0 Å². The molecule has 0 unspecified atom stereocenters. The molecule has 3 aromatic rings. The van der Waals surface area contributed by atoms with Crippen LogP contribution >= 0.6 is 34.7 Å². The van der Waals surface area contributed by atoms with Gasteiger partial charge in [-0.1, -0.05) is 60.8 Å². The highest BCUT2D eigenvalue weighted by Gasteiger charge is 2.23. The van der Waals surface area contributed by atoms with Crippen LogP contribution in [-0.4, -0.2) is 19.7 Å². The number of thiazole rings is 1. The summed E-state index contributed by atoms with van der Waals surface area (Å²) < 4.78 is 2.29. The van der Waals surface area contributed by atoms with Crippen LogP contribution in [-0.2, 0) is 12.3 Å². The molecular weight excluding hydrogens is 396 g/mol. The van der Waals surface area contributed by atoms with E-state index in [1.807, 2.05) is 24.3 Å². The van der Waals surface area contributed by atoms with Crippen LogP contribution in [0.2, 0.25) is 5.02 Å². The second-order valence-corrected chi connectivity index (χ2v) is 9.04. The molecule has 0 atom stereocenters. The summed E-state index contributed by atoms with van der Waals surface area (Å²) in [5.41, 5.74) is 2.06. The summed E-state index contributed by atoms with van der Waals surface area (Å²) in [4.78, 5) is 4.76. The second-order valence-electron chi connectivity index (χ2n) is 6.83. The molecule has 4 rings (SSSR count). The molecule has 0 aliphatic heterocycles. The fourth-order valence-corrected chi connectivity index (χ4v) is 5.78. The van der Waals surface area contributed by atoms with Gasteiger partial charge < -0.3 is 4.57 Å². The molecule has 1 aliphatic rings. The molecular formula is C20H23ClN4S2. The average Bonchev–Trinajstić information content (AvgIpc) is 3.34. The third-order valence-corrected chi connectivity index (χ3v) is 7.29. The third kappa shape index (κ3) is 4.23. The normalized spacial score (nSPS) is 15.3. The Kier molecular flexibility index (Phi) is 6.15. The van der Waals surface area contributed by atoms with E-state index in [1.165, 1.54) is 37.9 Å². The van der Waals surface area contributed by atoms with Crippen LogP contribution in [0.3, 0.4) is 0 Å². The van der Waals surface area contributed by atoms with E-state index in [9.17, 15) is 0 Å². The SMILES string of the molecule is CCn1c(SCc2csc(-c3ccccc3Cl)n2)nnc1C1CCCCC1. The summed E-state index contributed by atoms with van der Waals surface area (Å²) in [5.74, 6) is 2.55. The van der Waals surface area contributed by atoms with Gasteiger partial charge in [-0.15, -0.1) is 21.5 Å². The van der Waals surface area contributed by atoms with Crippen molar-refractivity contribution in [2.75, 3.05) is 0 Å². The van der Waals surface area contributed by atoms with Gasteiger partial charge in [-0.2, -0.15) is 0 Å². The lowest BCUT2D eigenvalue weighted by molar-refractivity contribution is 0.413. The van der Waals surface area contributed by atoms with Crippen LogP contribution in [0, 0.1) is 0 Å². The number of rotatable bonds is 6. The van der Waals surface area contributed by atoms with E-state index in [2.05, 4.69) is 27.1 Å². The van der Waals surface area contributed by atoms with Crippen LogP contribution < -0.4 is 0 Å². The van der Waals surface area contributed by atoms with E-state index < -0.39 is 0 Å². The Morgan fingerprint density at radius 2 is 2.00 bits per heavy atom. The van der Waals surface area contributed by atoms with Crippen molar-refractivity contribution < 1.29 is 0 Å². The quantitative estimate of drug-likeness (QED) is 0.433. The summed E-state index contributed by atoms with van der Waals surface area (Å²) in [6.07, 6.45) is 6.48. The van der Waals surface area contributed by atoms with E-state index in [0.29, 0.717) is 5.92 Å². The number of halogens is 1. The van der Waals surface area contributed by atoms with Gasteiger partial charge in [-0.05, 0) is 25.8 Å². The fraction of sp³-hybridized carbons (Fsp3) is 0.450. The first-order valence-electron chi connectivity index (χ1n) is 9.51. The first-order chi connectivity index (χ1) is 13.3. The zero-order valence-electron chi connectivity index (χ0n) is 15.4. The molecule has 142 valence electrons. The number of nitrogens with zero attached hydrogens (tertiary/aromatic N) is 4. The Hall–Kier alpha value is -1.37. The van der Waals surface area contributed by atoms with Crippen molar-refractivity contribution in [3.63, 3.8) is 0 Å². The summed E-state index contributed by atoms with van der Waals surface area (Å²) in [5, 5.41) is 13.9. The van der Waals surface area contributed by atoms with Crippen molar-refractivity contribution in [3.8, 4) is 10.6 Å². The molecule has 1 aliphatic carbocycles. The van der Waals surface area contributed by atoms with Gasteiger partial charge >= 0.3 is 0 Å². The molecule has 4 nitrogen and oxygen atoms in total. The summed E-state index contributed by atoms with van der Waals surface area (Å²) in [6.45, 7) is 3.10. The number of hydrogen-bond acceptors (Lipinski definition) is 5. The molecule has 1 aromatic carbocycles.